The van der Waals surface area contributed by atoms with Crippen LogP contribution in [0.3, 0.4) is 0 Å². The lowest BCUT2D eigenvalue weighted by Crippen LogP contribution is -1.93. The van der Waals surface area contributed by atoms with Crippen molar-refractivity contribution in [3.8, 4) is 0 Å². The van der Waals surface area contributed by atoms with Crippen molar-refractivity contribution in [3.05, 3.63) is 51.2 Å². The molecule has 0 spiro atoms. The summed E-state index contributed by atoms with van der Waals surface area (Å²) in [7, 11) is 0. The van der Waals surface area contributed by atoms with Gasteiger partial charge in [-0.15, -0.1) is 0 Å². The SMILES string of the molecule is CC(=Cc1ccccc1C)[N+](=O)[O-]. The number of hydrogen-bond donors (Lipinski definition) is 0. The van der Waals surface area contributed by atoms with Crippen LogP contribution in [0.15, 0.2) is 30.0 Å². The molecule has 1 aromatic rings. The molecule has 1 aromatic carbocycles. The molecule has 0 radical (unpaired) electrons. The zero-order valence-corrected chi connectivity index (χ0v) is 7.65. The highest BCUT2D eigenvalue weighted by molar-refractivity contribution is 5.54. The summed E-state index contributed by atoms with van der Waals surface area (Å²) in [5.41, 5.74) is 2.11. The number of hydrogen-bond acceptors (Lipinski definition) is 2. The van der Waals surface area contributed by atoms with E-state index in [2.05, 4.69) is 0 Å². The van der Waals surface area contributed by atoms with Gasteiger partial charge >= 0.3 is 0 Å². The van der Waals surface area contributed by atoms with E-state index < -0.39 is 0 Å². The Morgan fingerprint density at radius 2 is 2.08 bits per heavy atom. The van der Waals surface area contributed by atoms with Gasteiger partial charge in [0.05, 0.1) is 4.92 Å². The molecule has 0 aliphatic carbocycles. The Labute approximate surface area is 76.9 Å². The van der Waals surface area contributed by atoms with Crippen LogP contribution in [-0.2, 0) is 0 Å². The molecule has 1 rings (SSSR count). The third-order valence-corrected chi connectivity index (χ3v) is 1.84. The van der Waals surface area contributed by atoms with Crippen molar-refractivity contribution in [2.45, 2.75) is 13.8 Å². The third kappa shape index (κ3) is 2.40. The van der Waals surface area contributed by atoms with Crippen LogP contribution in [0.5, 0.6) is 0 Å². The lowest BCUT2D eigenvalue weighted by molar-refractivity contribution is -0.422. The van der Waals surface area contributed by atoms with Crippen molar-refractivity contribution >= 4 is 6.08 Å². The van der Waals surface area contributed by atoms with Crippen LogP contribution in [-0.4, -0.2) is 4.92 Å². The first kappa shape index (κ1) is 9.45. The van der Waals surface area contributed by atoms with Gasteiger partial charge in [0.25, 0.3) is 0 Å². The lowest BCUT2D eigenvalue weighted by atomic mass is 10.1. The molecular weight excluding hydrogens is 166 g/mol. The molecule has 0 N–H and O–H groups in total. The fourth-order valence-corrected chi connectivity index (χ4v) is 1.03. The molecule has 0 unspecified atom stereocenters. The summed E-state index contributed by atoms with van der Waals surface area (Å²) in [6, 6.07) is 7.57. The summed E-state index contributed by atoms with van der Waals surface area (Å²) in [6.07, 6.45) is 1.58. The second kappa shape index (κ2) is 3.85. The molecule has 0 aliphatic heterocycles. The van der Waals surface area contributed by atoms with Crippen LogP contribution in [0, 0.1) is 17.0 Å². The summed E-state index contributed by atoms with van der Waals surface area (Å²) in [6.45, 7) is 3.42. The molecule has 68 valence electrons. The second-order valence-corrected chi connectivity index (χ2v) is 2.90. The summed E-state index contributed by atoms with van der Waals surface area (Å²) in [4.78, 5) is 9.97. The van der Waals surface area contributed by atoms with Gasteiger partial charge in [0.15, 0.2) is 0 Å². The monoisotopic (exact) mass is 177 g/mol. The molecule has 0 heterocycles. The molecule has 0 saturated heterocycles. The predicted molar refractivity (Wildman–Crippen MR) is 51.8 cm³/mol. The van der Waals surface area contributed by atoms with Crippen LogP contribution in [0.4, 0.5) is 0 Å². The standard InChI is InChI=1S/C10H11NO2/c1-8-5-3-4-6-10(8)7-9(2)11(12)13/h3-7H,1-2H3. The number of rotatable bonds is 2. The van der Waals surface area contributed by atoms with Crippen LogP contribution in [0.25, 0.3) is 6.08 Å². The first-order valence-corrected chi connectivity index (χ1v) is 3.99. The number of benzene rings is 1. The van der Waals surface area contributed by atoms with Gasteiger partial charge in [-0.3, -0.25) is 10.1 Å². The molecule has 0 saturated carbocycles. The molecule has 13 heavy (non-hydrogen) atoms. The molecule has 0 aliphatic rings. The minimum atomic E-state index is -0.383. The number of aryl methyl sites for hydroxylation is 1. The van der Waals surface area contributed by atoms with E-state index in [-0.39, 0.29) is 10.6 Å². The highest BCUT2D eigenvalue weighted by Crippen LogP contribution is 2.11. The zero-order valence-electron chi connectivity index (χ0n) is 7.65. The van der Waals surface area contributed by atoms with E-state index in [1.54, 1.807) is 6.08 Å². The Kier molecular flexibility index (Phi) is 2.80. The van der Waals surface area contributed by atoms with Crippen LogP contribution in [0.2, 0.25) is 0 Å². The first-order valence-electron chi connectivity index (χ1n) is 3.99. The summed E-state index contributed by atoms with van der Waals surface area (Å²) >= 11 is 0. The Hall–Kier alpha value is -1.64. The van der Waals surface area contributed by atoms with Crippen molar-refractivity contribution in [1.29, 1.82) is 0 Å². The van der Waals surface area contributed by atoms with Crippen LogP contribution in [0.1, 0.15) is 18.1 Å². The largest absolute Gasteiger partial charge is 0.259 e. The number of allylic oxidation sites excluding steroid dienone is 1. The topological polar surface area (TPSA) is 43.1 Å². The van der Waals surface area contributed by atoms with Gasteiger partial charge in [-0.2, -0.15) is 0 Å². The van der Waals surface area contributed by atoms with E-state index in [9.17, 15) is 10.1 Å². The van der Waals surface area contributed by atoms with Gasteiger partial charge in [0.1, 0.15) is 0 Å². The van der Waals surface area contributed by atoms with E-state index in [0.717, 1.165) is 11.1 Å². The second-order valence-electron chi connectivity index (χ2n) is 2.90. The van der Waals surface area contributed by atoms with E-state index in [1.807, 2.05) is 31.2 Å². The Balaban J connectivity index is 3.04. The molecule has 0 amide bonds. The average molecular weight is 177 g/mol. The van der Waals surface area contributed by atoms with Crippen molar-refractivity contribution in [2.75, 3.05) is 0 Å². The maximum absolute atomic E-state index is 10.4. The van der Waals surface area contributed by atoms with E-state index in [0.29, 0.717) is 0 Å². The Morgan fingerprint density at radius 1 is 1.46 bits per heavy atom. The Bertz CT molecular complexity index is 356. The van der Waals surface area contributed by atoms with E-state index in [4.69, 9.17) is 0 Å². The normalized spacial score (nSPS) is 11.4. The number of nitrogens with zero attached hydrogens (tertiary/aromatic N) is 1. The molecule has 0 fully saturated rings. The molecule has 0 aromatic heterocycles. The molecule has 0 bridgehead atoms. The van der Waals surface area contributed by atoms with Gasteiger partial charge in [0.2, 0.25) is 5.70 Å². The Morgan fingerprint density at radius 3 is 2.62 bits per heavy atom. The quantitative estimate of drug-likeness (QED) is 0.514. The number of nitro groups is 1. The van der Waals surface area contributed by atoms with Crippen molar-refractivity contribution in [1.82, 2.24) is 0 Å². The molecular formula is C10H11NO2. The maximum Gasteiger partial charge on any atom is 0.243 e. The van der Waals surface area contributed by atoms with Crippen molar-refractivity contribution < 1.29 is 4.92 Å². The highest BCUT2D eigenvalue weighted by atomic mass is 16.6. The van der Waals surface area contributed by atoms with Gasteiger partial charge in [0, 0.05) is 13.0 Å². The highest BCUT2D eigenvalue weighted by Gasteiger charge is 2.02. The fourth-order valence-electron chi connectivity index (χ4n) is 1.03. The van der Waals surface area contributed by atoms with E-state index in [1.165, 1.54) is 6.92 Å². The van der Waals surface area contributed by atoms with Crippen LogP contribution >= 0.6 is 0 Å². The van der Waals surface area contributed by atoms with Crippen molar-refractivity contribution in [2.24, 2.45) is 0 Å². The van der Waals surface area contributed by atoms with Gasteiger partial charge < -0.3 is 0 Å². The lowest BCUT2D eigenvalue weighted by Gasteiger charge is -1.97. The third-order valence-electron chi connectivity index (χ3n) is 1.84. The van der Waals surface area contributed by atoms with Gasteiger partial charge in [-0.05, 0) is 18.1 Å². The summed E-state index contributed by atoms with van der Waals surface area (Å²) < 4.78 is 0. The van der Waals surface area contributed by atoms with Crippen molar-refractivity contribution in [3.63, 3.8) is 0 Å². The van der Waals surface area contributed by atoms with Gasteiger partial charge in [-0.25, -0.2) is 0 Å². The summed E-state index contributed by atoms with van der Waals surface area (Å²) in [5, 5.41) is 10.4. The smallest absolute Gasteiger partial charge is 0.243 e. The van der Waals surface area contributed by atoms with Crippen LogP contribution < -0.4 is 0 Å². The fraction of sp³-hybridized carbons (Fsp3) is 0.200. The minimum absolute atomic E-state index is 0.161. The minimum Gasteiger partial charge on any atom is -0.259 e. The first-order chi connectivity index (χ1) is 6.11. The molecule has 3 nitrogen and oxygen atoms in total. The maximum atomic E-state index is 10.4. The zero-order chi connectivity index (χ0) is 9.84. The predicted octanol–water partition coefficient (Wildman–Crippen LogP) is 2.63. The molecule has 0 atom stereocenters. The molecule has 3 heteroatoms. The van der Waals surface area contributed by atoms with E-state index >= 15 is 0 Å². The van der Waals surface area contributed by atoms with Gasteiger partial charge in [-0.1, -0.05) is 24.3 Å². The average Bonchev–Trinajstić information content (AvgIpc) is 2.08. The summed E-state index contributed by atoms with van der Waals surface area (Å²) in [5.74, 6) is 0.